The Kier molecular flexibility index (Phi) is 27.0. The van der Waals surface area contributed by atoms with Gasteiger partial charge >= 0.3 is 11.9 Å². The molecule has 0 aliphatic heterocycles. The maximum absolute atomic E-state index is 12.4. The van der Waals surface area contributed by atoms with Crippen molar-refractivity contribution < 1.29 is 24.2 Å². The molecule has 6 nitrogen and oxygen atoms in total. The van der Waals surface area contributed by atoms with Crippen molar-refractivity contribution in [2.24, 2.45) is 0 Å². The van der Waals surface area contributed by atoms with E-state index in [1.165, 1.54) is 0 Å². The Labute approximate surface area is 243 Å². The number of rotatable bonds is 26. The summed E-state index contributed by atoms with van der Waals surface area (Å²) in [7, 11) is 0. The maximum atomic E-state index is 12.4. The highest BCUT2D eigenvalue weighted by Crippen LogP contribution is 2.14. The second kappa shape index (κ2) is 29.1. The minimum Gasteiger partial charge on any atom is -0.480 e. The predicted octanol–water partition coefficient (Wildman–Crippen LogP) is 8.55. The highest BCUT2D eigenvalue weighted by Gasteiger charge is 2.11. The van der Waals surface area contributed by atoms with Gasteiger partial charge < -0.3 is 15.2 Å². The van der Waals surface area contributed by atoms with Gasteiger partial charge in [-0.1, -0.05) is 94.2 Å². The van der Waals surface area contributed by atoms with Crippen molar-refractivity contribution in [1.82, 2.24) is 5.32 Å². The molecule has 226 valence electrons. The first-order valence-electron chi connectivity index (χ1n) is 15.4. The monoisotopic (exact) mass is 557 g/mol. The molecule has 6 heteroatoms. The topological polar surface area (TPSA) is 92.7 Å². The molecule has 1 unspecified atom stereocenters. The molecule has 0 aromatic carbocycles. The Hall–Kier alpha value is -2.89. The number of carbonyl (C=O) groups excluding carboxylic acids is 2. The number of carboxylic acids is 1. The van der Waals surface area contributed by atoms with Gasteiger partial charge in [0.25, 0.3) is 0 Å². The summed E-state index contributed by atoms with van der Waals surface area (Å²) in [5.74, 6) is -1.40. The molecular weight excluding hydrogens is 502 g/mol. The first-order chi connectivity index (χ1) is 19.5. The van der Waals surface area contributed by atoms with Gasteiger partial charge in [0.05, 0.1) is 0 Å². The summed E-state index contributed by atoms with van der Waals surface area (Å²) in [6.07, 6.45) is 36.5. The Morgan fingerprint density at radius 2 is 1.30 bits per heavy atom. The Bertz CT molecular complexity index is 794. The third kappa shape index (κ3) is 28.1. The highest BCUT2D eigenvalue weighted by molar-refractivity contribution is 5.80. The lowest BCUT2D eigenvalue weighted by Gasteiger charge is -2.14. The smallest absolute Gasteiger partial charge is 0.322 e. The molecule has 0 bridgehead atoms. The fourth-order valence-corrected chi connectivity index (χ4v) is 3.87. The summed E-state index contributed by atoms with van der Waals surface area (Å²) in [4.78, 5) is 34.5. The van der Waals surface area contributed by atoms with E-state index >= 15 is 0 Å². The first kappa shape index (κ1) is 37.1. The number of amides is 1. The van der Waals surface area contributed by atoms with Crippen LogP contribution < -0.4 is 5.32 Å². The molecule has 0 fully saturated rings. The van der Waals surface area contributed by atoms with E-state index in [1.54, 1.807) is 0 Å². The molecule has 1 atom stereocenters. The normalized spacial score (nSPS) is 12.8. The summed E-state index contributed by atoms with van der Waals surface area (Å²) < 4.78 is 5.77. The number of esters is 1. The molecule has 0 heterocycles. The van der Waals surface area contributed by atoms with Crippen LogP contribution in [0.2, 0.25) is 0 Å². The Balaban J connectivity index is 4.10. The van der Waals surface area contributed by atoms with E-state index in [9.17, 15) is 14.4 Å². The quantitative estimate of drug-likeness (QED) is 0.0631. The van der Waals surface area contributed by atoms with Crippen LogP contribution in [0.3, 0.4) is 0 Å². The van der Waals surface area contributed by atoms with Gasteiger partial charge in [0.15, 0.2) is 0 Å². The van der Waals surface area contributed by atoms with E-state index in [-0.39, 0.29) is 24.5 Å². The summed E-state index contributed by atoms with van der Waals surface area (Å²) in [6, 6.07) is 0. The zero-order valence-electron chi connectivity index (χ0n) is 25.2. The molecule has 0 saturated carbocycles. The van der Waals surface area contributed by atoms with Crippen LogP contribution in [0.4, 0.5) is 0 Å². The van der Waals surface area contributed by atoms with Gasteiger partial charge in [-0.05, 0) is 76.7 Å². The highest BCUT2D eigenvalue weighted by atomic mass is 16.5. The molecule has 0 aromatic rings. The summed E-state index contributed by atoms with van der Waals surface area (Å²) in [6.45, 7) is 3.97. The van der Waals surface area contributed by atoms with E-state index in [1.807, 2.05) is 6.08 Å². The second-order valence-electron chi connectivity index (χ2n) is 9.97. The van der Waals surface area contributed by atoms with E-state index in [2.05, 4.69) is 73.8 Å². The predicted molar refractivity (Wildman–Crippen MR) is 166 cm³/mol. The van der Waals surface area contributed by atoms with Crippen LogP contribution in [-0.4, -0.2) is 35.6 Å². The van der Waals surface area contributed by atoms with Crippen molar-refractivity contribution in [2.75, 3.05) is 6.54 Å². The third-order valence-corrected chi connectivity index (χ3v) is 6.16. The number of carboxylic acid groups (broad SMARTS) is 1. The standard InChI is InChI=1S/C34H55NO5/c1-3-5-7-9-10-11-12-13-14-15-16-17-18-19-25-29-34(39)40-31(26-22-8-6-4-2)27-23-20-21-24-28-32(36)35-30-33(37)38/h5,7,10-11,13-14,16-17,22,26,31H,3-4,6,8-9,12,15,18-21,23-25,27-30H2,1-2H3,(H,35,36)(H,37,38)/b7-5-,11-10-,14-13-,17-16-,26-22-. The molecule has 0 saturated heterocycles. The number of ether oxygens (including phenoxy) is 1. The van der Waals surface area contributed by atoms with E-state index in [4.69, 9.17) is 9.84 Å². The number of nitrogens with one attached hydrogen (secondary N) is 1. The number of allylic oxidation sites excluding steroid dienone is 9. The lowest BCUT2D eigenvalue weighted by atomic mass is 10.1. The number of hydrogen-bond donors (Lipinski definition) is 2. The van der Waals surface area contributed by atoms with Gasteiger partial charge in [0, 0.05) is 12.8 Å². The molecule has 0 aromatic heterocycles. The minimum atomic E-state index is -1.04. The van der Waals surface area contributed by atoms with E-state index in [0.29, 0.717) is 12.8 Å². The van der Waals surface area contributed by atoms with Gasteiger partial charge in [0.1, 0.15) is 12.6 Å². The zero-order valence-corrected chi connectivity index (χ0v) is 25.2. The van der Waals surface area contributed by atoms with Gasteiger partial charge in [-0.15, -0.1) is 0 Å². The van der Waals surface area contributed by atoms with Crippen molar-refractivity contribution in [3.05, 3.63) is 60.8 Å². The number of aliphatic carboxylic acids is 1. The van der Waals surface area contributed by atoms with Crippen molar-refractivity contribution in [3.8, 4) is 0 Å². The minimum absolute atomic E-state index is 0.134. The average molecular weight is 558 g/mol. The molecule has 0 spiro atoms. The fourth-order valence-electron chi connectivity index (χ4n) is 3.87. The summed E-state index contributed by atoms with van der Waals surface area (Å²) in [5.41, 5.74) is 0. The second-order valence-corrected chi connectivity index (χ2v) is 9.97. The number of hydrogen-bond acceptors (Lipinski definition) is 4. The molecule has 40 heavy (non-hydrogen) atoms. The molecule has 0 rings (SSSR count). The molecule has 0 aliphatic carbocycles. The summed E-state index contributed by atoms with van der Waals surface area (Å²) in [5, 5.41) is 11.0. The largest absolute Gasteiger partial charge is 0.480 e. The van der Waals surface area contributed by atoms with Gasteiger partial charge in [-0.2, -0.15) is 0 Å². The van der Waals surface area contributed by atoms with Crippen LogP contribution in [0.1, 0.15) is 123 Å². The van der Waals surface area contributed by atoms with Crippen molar-refractivity contribution in [3.63, 3.8) is 0 Å². The van der Waals surface area contributed by atoms with Crippen LogP contribution in [0, 0.1) is 0 Å². The average Bonchev–Trinajstić information content (AvgIpc) is 2.93. The number of carbonyl (C=O) groups is 3. The molecular formula is C34H55NO5. The first-order valence-corrected chi connectivity index (χ1v) is 15.4. The zero-order chi connectivity index (χ0) is 29.5. The van der Waals surface area contributed by atoms with Crippen LogP contribution in [0.25, 0.3) is 0 Å². The third-order valence-electron chi connectivity index (χ3n) is 6.16. The van der Waals surface area contributed by atoms with Crippen LogP contribution in [0.15, 0.2) is 60.8 Å². The lowest BCUT2D eigenvalue weighted by Crippen LogP contribution is -2.28. The van der Waals surface area contributed by atoms with Crippen molar-refractivity contribution >= 4 is 17.8 Å². The molecule has 0 radical (unpaired) electrons. The molecule has 2 N–H and O–H groups in total. The van der Waals surface area contributed by atoms with Crippen LogP contribution in [0.5, 0.6) is 0 Å². The van der Waals surface area contributed by atoms with E-state index in [0.717, 1.165) is 96.3 Å². The maximum Gasteiger partial charge on any atom is 0.322 e. The van der Waals surface area contributed by atoms with Crippen LogP contribution in [-0.2, 0) is 19.1 Å². The Morgan fingerprint density at radius 3 is 1.95 bits per heavy atom. The molecule has 1 amide bonds. The van der Waals surface area contributed by atoms with Crippen molar-refractivity contribution in [2.45, 2.75) is 129 Å². The van der Waals surface area contributed by atoms with Gasteiger partial charge in [-0.3, -0.25) is 14.4 Å². The van der Waals surface area contributed by atoms with Gasteiger partial charge in [0.2, 0.25) is 5.91 Å². The SMILES string of the molecule is CC/C=C\C/C=C\C/C=C\C/C=C\CCCCC(=O)OC(/C=C\CCCC)CCCCCCC(=O)NCC(=O)O. The summed E-state index contributed by atoms with van der Waals surface area (Å²) >= 11 is 0. The van der Waals surface area contributed by atoms with Gasteiger partial charge in [-0.25, -0.2) is 0 Å². The number of unbranched alkanes of at least 4 members (excludes halogenated alkanes) is 7. The Morgan fingerprint density at radius 1 is 0.700 bits per heavy atom. The van der Waals surface area contributed by atoms with Crippen LogP contribution >= 0.6 is 0 Å². The van der Waals surface area contributed by atoms with E-state index < -0.39 is 5.97 Å². The van der Waals surface area contributed by atoms with Crippen molar-refractivity contribution in [1.29, 1.82) is 0 Å². The fraction of sp³-hybridized carbons (Fsp3) is 0.618. The molecule has 0 aliphatic rings. The lowest BCUT2D eigenvalue weighted by molar-refractivity contribution is -0.147.